The summed E-state index contributed by atoms with van der Waals surface area (Å²) >= 11 is 0. The molecular formula is C16H20N4O. The van der Waals surface area contributed by atoms with E-state index in [1.807, 2.05) is 32.0 Å². The number of amides is 1. The molecule has 1 amide bonds. The molecule has 1 heterocycles. The SMILES string of the molecule is C=CCN(C(=O)c1ccn(-c2ccccc2N)n1)C(C)C. The molecule has 5 nitrogen and oxygen atoms in total. The Morgan fingerprint density at radius 1 is 1.43 bits per heavy atom. The highest BCUT2D eigenvalue weighted by atomic mass is 16.2. The molecule has 0 fully saturated rings. The average Bonchev–Trinajstić information content (AvgIpc) is 2.94. The van der Waals surface area contributed by atoms with E-state index >= 15 is 0 Å². The number of nitrogens with two attached hydrogens (primary N) is 1. The molecule has 0 saturated heterocycles. The molecule has 0 bridgehead atoms. The summed E-state index contributed by atoms with van der Waals surface area (Å²) in [4.78, 5) is 14.2. The summed E-state index contributed by atoms with van der Waals surface area (Å²) < 4.78 is 1.62. The number of aromatic nitrogens is 2. The third-order valence-corrected chi connectivity index (χ3v) is 3.20. The number of carbonyl (C=O) groups excluding carboxylic acids is 1. The maximum atomic E-state index is 12.5. The summed E-state index contributed by atoms with van der Waals surface area (Å²) in [7, 11) is 0. The van der Waals surface area contributed by atoms with Crippen LogP contribution in [0.3, 0.4) is 0 Å². The average molecular weight is 284 g/mol. The van der Waals surface area contributed by atoms with Gasteiger partial charge in [-0.2, -0.15) is 5.10 Å². The van der Waals surface area contributed by atoms with Gasteiger partial charge < -0.3 is 10.6 Å². The van der Waals surface area contributed by atoms with Crippen LogP contribution in [0.4, 0.5) is 5.69 Å². The lowest BCUT2D eigenvalue weighted by Gasteiger charge is -2.24. The molecule has 0 radical (unpaired) electrons. The van der Waals surface area contributed by atoms with Crippen molar-refractivity contribution in [2.75, 3.05) is 12.3 Å². The summed E-state index contributed by atoms with van der Waals surface area (Å²) in [5.74, 6) is -0.113. The lowest BCUT2D eigenvalue weighted by atomic mass is 10.2. The molecule has 1 aromatic carbocycles. The monoisotopic (exact) mass is 284 g/mol. The predicted molar refractivity (Wildman–Crippen MR) is 84.3 cm³/mol. The number of hydrogen-bond acceptors (Lipinski definition) is 3. The Labute approximate surface area is 124 Å². The Morgan fingerprint density at radius 2 is 2.14 bits per heavy atom. The minimum atomic E-state index is -0.113. The van der Waals surface area contributed by atoms with Crippen molar-refractivity contribution >= 4 is 11.6 Å². The molecule has 5 heteroatoms. The van der Waals surface area contributed by atoms with Gasteiger partial charge in [-0.25, -0.2) is 4.68 Å². The normalized spacial score (nSPS) is 10.6. The fourth-order valence-electron chi connectivity index (χ4n) is 2.08. The van der Waals surface area contributed by atoms with Gasteiger partial charge in [0, 0.05) is 18.8 Å². The fourth-order valence-corrected chi connectivity index (χ4v) is 2.08. The zero-order valence-electron chi connectivity index (χ0n) is 12.4. The first-order valence-corrected chi connectivity index (χ1v) is 6.87. The second kappa shape index (κ2) is 6.26. The summed E-state index contributed by atoms with van der Waals surface area (Å²) in [6.07, 6.45) is 3.45. The predicted octanol–water partition coefficient (Wildman–Crippen LogP) is 2.49. The number of para-hydroxylation sites is 2. The number of nitrogen functional groups attached to an aromatic ring is 1. The lowest BCUT2D eigenvalue weighted by Crippen LogP contribution is -2.37. The third kappa shape index (κ3) is 3.13. The molecule has 1 aromatic heterocycles. The Hall–Kier alpha value is -2.56. The van der Waals surface area contributed by atoms with E-state index in [0.29, 0.717) is 17.9 Å². The summed E-state index contributed by atoms with van der Waals surface area (Å²) in [5.41, 5.74) is 7.70. The molecule has 0 atom stereocenters. The highest BCUT2D eigenvalue weighted by molar-refractivity contribution is 5.92. The van der Waals surface area contributed by atoms with Gasteiger partial charge in [0.25, 0.3) is 5.91 Å². The van der Waals surface area contributed by atoms with Crippen LogP contribution in [0.2, 0.25) is 0 Å². The van der Waals surface area contributed by atoms with Crippen molar-refractivity contribution in [1.82, 2.24) is 14.7 Å². The van der Waals surface area contributed by atoms with E-state index in [1.54, 1.807) is 34.0 Å². The van der Waals surface area contributed by atoms with Crippen LogP contribution < -0.4 is 5.73 Å². The van der Waals surface area contributed by atoms with Crippen molar-refractivity contribution in [3.05, 3.63) is 54.9 Å². The van der Waals surface area contributed by atoms with E-state index in [-0.39, 0.29) is 11.9 Å². The second-order valence-electron chi connectivity index (χ2n) is 5.04. The molecule has 0 aliphatic heterocycles. The minimum Gasteiger partial charge on any atom is -0.397 e. The van der Waals surface area contributed by atoms with Crippen LogP contribution in [0.5, 0.6) is 0 Å². The quantitative estimate of drug-likeness (QED) is 0.677. The molecule has 2 aromatic rings. The van der Waals surface area contributed by atoms with Crippen LogP contribution in [0.15, 0.2) is 49.2 Å². The van der Waals surface area contributed by atoms with Gasteiger partial charge in [0.15, 0.2) is 5.69 Å². The van der Waals surface area contributed by atoms with Crippen LogP contribution in [0.25, 0.3) is 5.69 Å². The lowest BCUT2D eigenvalue weighted by molar-refractivity contribution is 0.0722. The van der Waals surface area contributed by atoms with Crippen LogP contribution in [-0.4, -0.2) is 33.2 Å². The maximum Gasteiger partial charge on any atom is 0.274 e. The molecule has 2 N–H and O–H groups in total. The van der Waals surface area contributed by atoms with E-state index in [0.717, 1.165) is 5.69 Å². The fraction of sp³-hybridized carbons (Fsp3) is 0.250. The largest absolute Gasteiger partial charge is 0.397 e. The molecule has 110 valence electrons. The van der Waals surface area contributed by atoms with Crippen molar-refractivity contribution in [3.8, 4) is 5.69 Å². The molecule has 0 aliphatic carbocycles. The Balaban J connectivity index is 2.29. The molecule has 0 spiro atoms. The number of nitrogens with zero attached hydrogens (tertiary/aromatic N) is 3. The molecular weight excluding hydrogens is 264 g/mol. The van der Waals surface area contributed by atoms with Gasteiger partial charge in [0.1, 0.15) is 0 Å². The third-order valence-electron chi connectivity index (χ3n) is 3.20. The number of carbonyl (C=O) groups is 1. The first kappa shape index (κ1) is 14.8. The number of rotatable bonds is 5. The van der Waals surface area contributed by atoms with Crippen molar-refractivity contribution in [2.24, 2.45) is 0 Å². The highest BCUT2D eigenvalue weighted by Crippen LogP contribution is 2.16. The van der Waals surface area contributed by atoms with Crippen molar-refractivity contribution < 1.29 is 4.79 Å². The van der Waals surface area contributed by atoms with Gasteiger partial charge in [-0.3, -0.25) is 4.79 Å². The van der Waals surface area contributed by atoms with E-state index in [2.05, 4.69) is 11.7 Å². The van der Waals surface area contributed by atoms with E-state index in [1.165, 1.54) is 0 Å². The minimum absolute atomic E-state index is 0.0856. The first-order valence-electron chi connectivity index (χ1n) is 6.87. The van der Waals surface area contributed by atoms with E-state index in [4.69, 9.17) is 5.73 Å². The summed E-state index contributed by atoms with van der Waals surface area (Å²) in [5, 5.41) is 4.34. The second-order valence-corrected chi connectivity index (χ2v) is 5.04. The standard InChI is InChI=1S/C16H20N4O/c1-4-10-19(12(2)3)16(21)14-9-11-20(18-14)15-8-6-5-7-13(15)17/h4-9,11-12H,1,10,17H2,2-3H3. The molecule has 0 saturated carbocycles. The van der Waals surface area contributed by atoms with Crippen molar-refractivity contribution in [1.29, 1.82) is 0 Å². The van der Waals surface area contributed by atoms with Gasteiger partial charge in [-0.05, 0) is 32.0 Å². The summed E-state index contributed by atoms with van der Waals surface area (Å²) in [6, 6.07) is 9.19. The van der Waals surface area contributed by atoms with E-state index in [9.17, 15) is 4.79 Å². The number of anilines is 1. The first-order chi connectivity index (χ1) is 10.0. The zero-order chi connectivity index (χ0) is 15.4. The topological polar surface area (TPSA) is 64.2 Å². The van der Waals surface area contributed by atoms with E-state index < -0.39 is 0 Å². The Morgan fingerprint density at radius 3 is 2.76 bits per heavy atom. The smallest absolute Gasteiger partial charge is 0.274 e. The van der Waals surface area contributed by atoms with Crippen LogP contribution in [0.1, 0.15) is 24.3 Å². The number of hydrogen-bond donors (Lipinski definition) is 1. The molecule has 2 rings (SSSR count). The number of benzene rings is 1. The maximum absolute atomic E-state index is 12.5. The van der Waals surface area contributed by atoms with Crippen LogP contribution in [0, 0.1) is 0 Å². The highest BCUT2D eigenvalue weighted by Gasteiger charge is 2.20. The molecule has 0 aliphatic rings. The Kier molecular flexibility index (Phi) is 4.42. The van der Waals surface area contributed by atoms with Gasteiger partial charge >= 0.3 is 0 Å². The van der Waals surface area contributed by atoms with Gasteiger partial charge in [0.05, 0.1) is 11.4 Å². The Bertz CT molecular complexity index is 645. The van der Waals surface area contributed by atoms with Crippen LogP contribution in [-0.2, 0) is 0 Å². The van der Waals surface area contributed by atoms with Gasteiger partial charge in [0.2, 0.25) is 0 Å². The van der Waals surface area contributed by atoms with Crippen molar-refractivity contribution in [2.45, 2.75) is 19.9 Å². The van der Waals surface area contributed by atoms with Gasteiger partial charge in [-0.15, -0.1) is 6.58 Å². The van der Waals surface area contributed by atoms with Crippen molar-refractivity contribution in [3.63, 3.8) is 0 Å². The zero-order valence-corrected chi connectivity index (χ0v) is 12.4. The summed E-state index contributed by atoms with van der Waals surface area (Å²) in [6.45, 7) is 8.12. The van der Waals surface area contributed by atoms with Gasteiger partial charge in [-0.1, -0.05) is 18.2 Å². The van der Waals surface area contributed by atoms with Crippen LogP contribution >= 0.6 is 0 Å². The molecule has 0 unspecified atom stereocenters. The molecule has 21 heavy (non-hydrogen) atoms.